The highest BCUT2D eigenvalue weighted by molar-refractivity contribution is 6.09. The number of piperidine rings is 1. The minimum atomic E-state index is -1.09. The summed E-state index contributed by atoms with van der Waals surface area (Å²) in [5.74, 6) is -1.02. The van der Waals surface area contributed by atoms with E-state index >= 15 is 0 Å². The molecule has 146 valence electrons. The lowest BCUT2D eigenvalue weighted by Gasteiger charge is -2.30. The Labute approximate surface area is 164 Å². The van der Waals surface area contributed by atoms with Crippen molar-refractivity contribution in [2.75, 3.05) is 18.4 Å². The highest BCUT2D eigenvalue weighted by Gasteiger charge is 2.24. The lowest BCUT2D eigenvalue weighted by Crippen LogP contribution is -2.38. The number of anilines is 1. The van der Waals surface area contributed by atoms with Gasteiger partial charge >= 0.3 is 5.97 Å². The summed E-state index contributed by atoms with van der Waals surface area (Å²) in [6.07, 6.45) is 1.95. The van der Waals surface area contributed by atoms with Crippen molar-refractivity contribution in [3.05, 3.63) is 64.7 Å². The number of carbonyl (C=O) groups is 3. The van der Waals surface area contributed by atoms with Gasteiger partial charge in [0.25, 0.3) is 11.8 Å². The van der Waals surface area contributed by atoms with E-state index in [1.165, 1.54) is 12.1 Å². The second kappa shape index (κ2) is 8.25. The number of carboxylic acid groups (broad SMARTS) is 1. The van der Waals surface area contributed by atoms with Crippen molar-refractivity contribution < 1.29 is 19.5 Å². The van der Waals surface area contributed by atoms with Crippen molar-refractivity contribution in [1.29, 1.82) is 0 Å². The van der Waals surface area contributed by atoms with Crippen molar-refractivity contribution >= 4 is 23.5 Å². The molecule has 2 amide bonds. The van der Waals surface area contributed by atoms with Gasteiger partial charge < -0.3 is 15.3 Å². The van der Waals surface area contributed by atoms with Crippen LogP contribution in [-0.2, 0) is 0 Å². The predicted octanol–water partition coefficient (Wildman–Crippen LogP) is 3.82. The third-order valence-electron chi connectivity index (χ3n) is 5.06. The highest BCUT2D eigenvalue weighted by Crippen LogP contribution is 2.23. The third-order valence-corrected chi connectivity index (χ3v) is 5.06. The predicted molar refractivity (Wildman–Crippen MR) is 107 cm³/mol. The van der Waals surface area contributed by atoms with Crippen LogP contribution in [0.4, 0.5) is 5.69 Å². The molecule has 0 spiro atoms. The average Bonchev–Trinajstić information content (AvgIpc) is 2.68. The maximum absolute atomic E-state index is 12.9. The van der Waals surface area contributed by atoms with Gasteiger partial charge in [-0.25, -0.2) is 4.79 Å². The maximum atomic E-state index is 12.9. The zero-order valence-electron chi connectivity index (χ0n) is 16.1. The van der Waals surface area contributed by atoms with E-state index in [9.17, 15) is 19.5 Å². The minimum absolute atomic E-state index is 0.0527. The molecule has 28 heavy (non-hydrogen) atoms. The first-order valence-corrected chi connectivity index (χ1v) is 9.40. The van der Waals surface area contributed by atoms with Gasteiger partial charge in [0.1, 0.15) is 0 Å². The fourth-order valence-electron chi connectivity index (χ4n) is 3.39. The van der Waals surface area contributed by atoms with Gasteiger partial charge in [0.2, 0.25) is 0 Å². The molecule has 1 aliphatic heterocycles. The Hall–Kier alpha value is -3.15. The van der Waals surface area contributed by atoms with Crippen LogP contribution in [0.25, 0.3) is 0 Å². The number of hydrogen-bond acceptors (Lipinski definition) is 3. The molecule has 1 aliphatic rings. The molecule has 2 aromatic rings. The first-order chi connectivity index (χ1) is 13.3. The van der Waals surface area contributed by atoms with Crippen LogP contribution in [0, 0.1) is 12.8 Å². The van der Waals surface area contributed by atoms with Gasteiger partial charge in [-0.1, -0.05) is 19.1 Å². The Morgan fingerprint density at radius 3 is 2.36 bits per heavy atom. The molecule has 0 aliphatic carbocycles. The van der Waals surface area contributed by atoms with Crippen LogP contribution in [0.1, 0.15) is 56.4 Å². The van der Waals surface area contributed by atoms with E-state index in [-0.39, 0.29) is 17.0 Å². The van der Waals surface area contributed by atoms with E-state index in [1.807, 2.05) is 4.90 Å². The molecule has 0 atom stereocenters. The number of likely N-dealkylation sites (tertiary alicyclic amines) is 1. The van der Waals surface area contributed by atoms with Crippen molar-refractivity contribution in [1.82, 2.24) is 4.90 Å². The number of amides is 2. The zero-order chi connectivity index (χ0) is 20.3. The van der Waals surface area contributed by atoms with E-state index in [0.29, 0.717) is 35.8 Å². The summed E-state index contributed by atoms with van der Waals surface area (Å²) in [7, 11) is 0. The van der Waals surface area contributed by atoms with Crippen molar-refractivity contribution in [3.8, 4) is 0 Å². The molecule has 2 N–H and O–H groups in total. The first kappa shape index (κ1) is 19.6. The van der Waals surface area contributed by atoms with Gasteiger partial charge in [-0.05, 0) is 61.6 Å². The molecule has 1 fully saturated rings. The molecule has 0 bridgehead atoms. The molecule has 6 nitrogen and oxygen atoms in total. The van der Waals surface area contributed by atoms with Gasteiger partial charge in [-0.2, -0.15) is 0 Å². The lowest BCUT2D eigenvalue weighted by molar-refractivity contribution is 0.0688. The molecular weight excluding hydrogens is 356 g/mol. The summed E-state index contributed by atoms with van der Waals surface area (Å²) < 4.78 is 0. The van der Waals surface area contributed by atoms with Crippen LogP contribution in [0.5, 0.6) is 0 Å². The third kappa shape index (κ3) is 4.39. The molecule has 1 saturated heterocycles. The van der Waals surface area contributed by atoms with E-state index in [2.05, 4.69) is 12.2 Å². The highest BCUT2D eigenvalue weighted by atomic mass is 16.4. The molecule has 2 aromatic carbocycles. The molecule has 3 rings (SSSR count). The number of carbonyl (C=O) groups excluding carboxylic acids is 2. The Kier molecular flexibility index (Phi) is 5.78. The lowest BCUT2D eigenvalue weighted by atomic mass is 9.98. The number of benzene rings is 2. The molecule has 1 heterocycles. The molecule has 0 unspecified atom stereocenters. The van der Waals surface area contributed by atoms with Crippen LogP contribution >= 0.6 is 0 Å². The van der Waals surface area contributed by atoms with Crippen LogP contribution in [-0.4, -0.2) is 40.9 Å². The number of rotatable bonds is 4. The smallest absolute Gasteiger partial charge is 0.335 e. The SMILES string of the molecule is Cc1cc(C(=O)O)cc(C(=O)Nc2ccccc2C(=O)N2CCC(C)CC2)c1. The standard InChI is InChI=1S/C22H24N2O4/c1-14-7-9-24(10-8-14)21(26)18-5-3-4-6-19(18)23-20(25)16-11-15(2)12-17(13-16)22(27)28/h3-6,11-14H,7-10H2,1-2H3,(H,23,25)(H,27,28). The van der Waals surface area contributed by atoms with E-state index in [4.69, 9.17) is 0 Å². The number of para-hydroxylation sites is 1. The summed E-state index contributed by atoms with van der Waals surface area (Å²) >= 11 is 0. The summed E-state index contributed by atoms with van der Waals surface area (Å²) in [4.78, 5) is 38.7. The van der Waals surface area contributed by atoms with E-state index in [1.54, 1.807) is 37.3 Å². The van der Waals surface area contributed by atoms with Crippen LogP contribution in [0.15, 0.2) is 42.5 Å². The van der Waals surface area contributed by atoms with Gasteiger partial charge in [0, 0.05) is 18.7 Å². The van der Waals surface area contributed by atoms with Crippen LogP contribution < -0.4 is 5.32 Å². The minimum Gasteiger partial charge on any atom is -0.478 e. The summed E-state index contributed by atoms with van der Waals surface area (Å²) in [5.41, 5.74) is 1.84. The number of nitrogens with zero attached hydrogens (tertiary/aromatic N) is 1. The zero-order valence-corrected chi connectivity index (χ0v) is 16.1. The number of carboxylic acids is 1. The van der Waals surface area contributed by atoms with Crippen LogP contribution in [0.2, 0.25) is 0 Å². The number of aryl methyl sites for hydroxylation is 1. The van der Waals surface area contributed by atoms with Crippen LogP contribution in [0.3, 0.4) is 0 Å². The van der Waals surface area contributed by atoms with Crippen molar-refractivity contribution in [2.45, 2.75) is 26.7 Å². The maximum Gasteiger partial charge on any atom is 0.335 e. The molecule has 0 aromatic heterocycles. The fourth-order valence-corrected chi connectivity index (χ4v) is 3.39. The van der Waals surface area contributed by atoms with E-state index in [0.717, 1.165) is 12.8 Å². The summed E-state index contributed by atoms with van der Waals surface area (Å²) in [5, 5.41) is 12.0. The topological polar surface area (TPSA) is 86.7 Å². The van der Waals surface area contributed by atoms with Gasteiger partial charge in [-0.3, -0.25) is 9.59 Å². The monoisotopic (exact) mass is 380 g/mol. The Balaban J connectivity index is 1.83. The quantitative estimate of drug-likeness (QED) is 0.844. The molecule has 0 saturated carbocycles. The fraction of sp³-hybridized carbons (Fsp3) is 0.318. The van der Waals surface area contributed by atoms with Gasteiger partial charge in [-0.15, -0.1) is 0 Å². The van der Waals surface area contributed by atoms with Crippen molar-refractivity contribution in [3.63, 3.8) is 0 Å². The van der Waals surface area contributed by atoms with Gasteiger partial charge in [0.05, 0.1) is 16.8 Å². The summed E-state index contributed by atoms with van der Waals surface area (Å²) in [6, 6.07) is 11.4. The Morgan fingerprint density at radius 2 is 1.68 bits per heavy atom. The largest absolute Gasteiger partial charge is 0.478 e. The molecule has 6 heteroatoms. The van der Waals surface area contributed by atoms with Crippen molar-refractivity contribution in [2.24, 2.45) is 5.92 Å². The normalized spacial score (nSPS) is 14.6. The summed E-state index contributed by atoms with van der Waals surface area (Å²) in [6.45, 7) is 5.34. The Morgan fingerprint density at radius 1 is 1.04 bits per heavy atom. The second-order valence-corrected chi connectivity index (χ2v) is 7.37. The number of hydrogen-bond donors (Lipinski definition) is 2. The number of nitrogens with one attached hydrogen (secondary N) is 1. The number of aromatic carboxylic acids is 1. The molecular formula is C22H24N2O4. The van der Waals surface area contributed by atoms with E-state index < -0.39 is 11.9 Å². The Bertz CT molecular complexity index is 915. The first-order valence-electron chi connectivity index (χ1n) is 9.40. The van der Waals surface area contributed by atoms with Gasteiger partial charge in [0.15, 0.2) is 0 Å². The second-order valence-electron chi connectivity index (χ2n) is 7.37. The molecule has 0 radical (unpaired) electrons. The average molecular weight is 380 g/mol.